The summed E-state index contributed by atoms with van der Waals surface area (Å²) in [4.78, 5) is 17.6. The molecule has 0 spiro atoms. The van der Waals surface area contributed by atoms with Crippen LogP contribution in [0.5, 0.6) is 11.5 Å². The van der Waals surface area contributed by atoms with Crippen molar-refractivity contribution in [2.24, 2.45) is 0 Å². The number of ketones is 1. The van der Waals surface area contributed by atoms with E-state index in [1.807, 2.05) is 24.3 Å². The molecular formula is C22H20N4O3. The average molecular weight is 388 g/mol. The lowest BCUT2D eigenvalue weighted by Crippen LogP contribution is -2.33. The Kier molecular flexibility index (Phi) is 4.08. The molecular weight excluding hydrogens is 368 g/mol. The van der Waals surface area contributed by atoms with Crippen LogP contribution in [0.4, 0.5) is 5.95 Å². The van der Waals surface area contributed by atoms with E-state index in [4.69, 9.17) is 4.74 Å². The molecule has 5 rings (SSSR count). The highest BCUT2D eigenvalue weighted by Crippen LogP contribution is 2.44. The highest BCUT2D eigenvalue weighted by molar-refractivity contribution is 6.00. The van der Waals surface area contributed by atoms with Crippen molar-refractivity contribution in [1.82, 2.24) is 14.8 Å². The molecule has 2 atom stereocenters. The lowest BCUT2D eigenvalue weighted by atomic mass is 9.78. The fourth-order valence-electron chi connectivity index (χ4n) is 4.30. The number of anilines is 1. The summed E-state index contributed by atoms with van der Waals surface area (Å²) in [6.07, 6.45) is 2.63. The number of hydrogen-bond donors (Lipinski definition) is 2. The van der Waals surface area contributed by atoms with E-state index in [2.05, 4.69) is 27.5 Å². The molecule has 7 heteroatoms. The number of Topliss-reactive ketones (excluding diaryl/α,β-unsaturated/α-hetero) is 1. The van der Waals surface area contributed by atoms with E-state index >= 15 is 0 Å². The molecule has 0 unspecified atom stereocenters. The molecule has 1 aliphatic heterocycles. The van der Waals surface area contributed by atoms with Crippen molar-refractivity contribution < 1.29 is 14.6 Å². The maximum Gasteiger partial charge on any atom is 0.226 e. The number of benzene rings is 2. The minimum Gasteiger partial charge on any atom is -0.504 e. The molecule has 0 fully saturated rings. The molecule has 0 saturated heterocycles. The number of hydrogen-bond acceptors (Lipinski definition) is 6. The molecule has 0 amide bonds. The number of aromatic nitrogens is 3. The summed E-state index contributed by atoms with van der Waals surface area (Å²) in [5, 5.41) is 17.9. The number of fused-ring (bicyclic) bond motifs is 1. The Hall–Kier alpha value is -3.61. The van der Waals surface area contributed by atoms with Crippen LogP contribution in [-0.2, 0) is 4.79 Å². The molecule has 1 aromatic heterocycles. The maximum atomic E-state index is 13.3. The second kappa shape index (κ2) is 6.77. The van der Waals surface area contributed by atoms with Gasteiger partial charge in [-0.1, -0.05) is 36.4 Å². The van der Waals surface area contributed by atoms with Crippen LogP contribution in [0.1, 0.15) is 35.9 Å². The quantitative estimate of drug-likeness (QED) is 0.715. The molecule has 2 aromatic carbocycles. The molecule has 2 heterocycles. The Bertz CT molecular complexity index is 1120. The van der Waals surface area contributed by atoms with Gasteiger partial charge in [0.2, 0.25) is 5.95 Å². The first kappa shape index (κ1) is 17.5. The Labute approximate surface area is 167 Å². The van der Waals surface area contributed by atoms with Crippen LogP contribution in [0.15, 0.2) is 66.1 Å². The zero-order valence-electron chi connectivity index (χ0n) is 15.9. The molecule has 0 bridgehead atoms. The van der Waals surface area contributed by atoms with E-state index in [1.165, 1.54) is 13.4 Å². The van der Waals surface area contributed by atoms with E-state index in [9.17, 15) is 9.90 Å². The van der Waals surface area contributed by atoms with Gasteiger partial charge in [-0.05, 0) is 35.6 Å². The highest BCUT2D eigenvalue weighted by Gasteiger charge is 2.39. The summed E-state index contributed by atoms with van der Waals surface area (Å²) in [6, 6.07) is 14.8. The standard InChI is InChI=1S/C22H20N4O3/c1-29-19-8-7-14(10-17(19)27)21-20-16(25-22-23-12-24-26(21)22)9-15(11-18(20)28)13-5-3-2-4-6-13/h2-8,10,12,15,21,27H,9,11H2,1H3,(H,23,24,25)/t15-,21-/m0/s1. The molecule has 3 aromatic rings. The summed E-state index contributed by atoms with van der Waals surface area (Å²) in [6.45, 7) is 0. The zero-order valence-corrected chi connectivity index (χ0v) is 15.9. The second-order valence-corrected chi connectivity index (χ2v) is 7.32. The number of ether oxygens (including phenoxy) is 1. The minimum atomic E-state index is -0.440. The Morgan fingerprint density at radius 1 is 1.14 bits per heavy atom. The predicted octanol–water partition coefficient (Wildman–Crippen LogP) is 3.41. The maximum absolute atomic E-state index is 13.3. The first-order valence-corrected chi connectivity index (χ1v) is 9.50. The van der Waals surface area contributed by atoms with Crippen molar-refractivity contribution in [2.75, 3.05) is 12.4 Å². The molecule has 2 aliphatic rings. The van der Waals surface area contributed by atoms with Gasteiger partial charge in [-0.3, -0.25) is 4.79 Å². The molecule has 2 N–H and O–H groups in total. The van der Waals surface area contributed by atoms with E-state index < -0.39 is 6.04 Å². The molecule has 1 aliphatic carbocycles. The van der Waals surface area contributed by atoms with Crippen molar-refractivity contribution >= 4 is 11.7 Å². The number of nitrogens with one attached hydrogen (secondary N) is 1. The van der Waals surface area contributed by atoms with Crippen molar-refractivity contribution in [2.45, 2.75) is 24.8 Å². The van der Waals surface area contributed by atoms with E-state index in [-0.39, 0.29) is 17.5 Å². The monoisotopic (exact) mass is 388 g/mol. The number of carbonyl (C=O) groups excluding carboxylic acids is 1. The number of phenols is 1. The first-order chi connectivity index (χ1) is 14.2. The van der Waals surface area contributed by atoms with Crippen LogP contribution in [-0.4, -0.2) is 32.8 Å². The van der Waals surface area contributed by atoms with Gasteiger partial charge < -0.3 is 15.2 Å². The number of rotatable bonds is 3. The summed E-state index contributed by atoms with van der Waals surface area (Å²) in [7, 11) is 1.50. The summed E-state index contributed by atoms with van der Waals surface area (Å²) >= 11 is 0. The van der Waals surface area contributed by atoms with Crippen LogP contribution in [0.3, 0.4) is 0 Å². The highest BCUT2D eigenvalue weighted by atomic mass is 16.5. The molecule has 29 heavy (non-hydrogen) atoms. The van der Waals surface area contributed by atoms with Gasteiger partial charge in [-0.2, -0.15) is 10.1 Å². The smallest absolute Gasteiger partial charge is 0.226 e. The molecule has 7 nitrogen and oxygen atoms in total. The largest absolute Gasteiger partial charge is 0.504 e. The van der Waals surface area contributed by atoms with Gasteiger partial charge in [0, 0.05) is 17.7 Å². The fraction of sp³-hybridized carbons (Fsp3) is 0.227. The molecule has 0 radical (unpaired) electrons. The third-order valence-electron chi connectivity index (χ3n) is 5.65. The van der Waals surface area contributed by atoms with Crippen molar-refractivity contribution in [1.29, 1.82) is 0 Å². The number of aromatic hydroxyl groups is 1. The van der Waals surface area contributed by atoms with E-state index in [0.29, 0.717) is 23.7 Å². The summed E-state index contributed by atoms with van der Waals surface area (Å²) < 4.78 is 6.85. The van der Waals surface area contributed by atoms with Gasteiger partial charge >= 0.3 is 0 Å². The second-order valence-electron chi connectivity index (χ2n) is 7.32. The lowest BCUT2D eigenvalue weighted by Gasteiger charge is -2.35. The van der Waals surface area contributed by atoms with Crippen LogP contribution in [0.25, 0.3) is 0 Å². The number of carbonyl (C=O) groups is 1. The zero-order chi connectivity index (χ0) is 20.0. The van der Waals surface area contributed by atoms with Gasteiger partial charge in [0.15, 0.2) is 17.3 Å². The third kappa shape index (κ3) is 2.86. The van der Waals surface area contributed by atoms with Gasteiger partial charge in [-0.25, -0.2) is 4.68 Å². The molecule has 146 valence electrons. The minimum absolute atomic E-state index is 0.0257. The SMILES string of the molecule is COc1ccc([C@H]2C3=C(C[C@H](c4ccccc4)CC3=O)Nc3ncnn32)cc1O. The van der Waals surface area contributed by atoms with E-state index in [1.54, 1.807) is 16.8 Å². The van der Waals surface area contributed by atoms with Crippen molar-refractivity contribution in [3.63, 3.8) is 0 Å². The topological polar surface area (TPSA) is 89.3 Å². The van der Waals surface area contributed by atoms with Gasteiger partial charge in [-0.15, -0.1) is 0 Å². The van der Waals surface area contributed by atoms with Crippen LogP contribution in [0.2, 0.25) is 0 Å². The van der Waals surface area contributed by atoms with Crippen LogP contribution >= 0.6 is 0 Å². The first-order valence-electron chi connectivity index (χ1n) is 9.50. The van der Waals surface area contributed by atoms with Gasteiger partial charge in [0.05, 0.1) is 7.11 Å². The predicted molar refractivity (Wildman–Crippen MR) is 107 cm³/mol. The van der Waals surface area contributed by atoms with Gasteiger partial charge in [0.25, 0.3) is 0 Å². The number of phenolic OH excluding ortho intramolecular Hbond substituents is 1. The van der Waals surface area contributed by atoms with Crippen molar-refractivity contribution in [3.05, 3.63) is 77.3 Å². The fourth-order valence-corrected chi connectivity index (χ4v) is 4.30. The average Bonchev–Trinajstić information content (AvgIpc) is 3.21. The van der Waals surface area contributed by atoms with Crippen LogP contribution < -0.4 is 10.1 Å². The number of methoxy groups -OCH3 is 1. The third-order valence-corrected chi connectivity index (χ3v) is 5.65. The Morgan fingerprint density at radius 3 is 2.72 bits per heavy atom. The Morgan fingerprint density at radius 2 is 1.97 bits per heavy atom. The summed E-state index contributed by atoms with van der Waals surface area (Å²) in [5.74, 6) is 1.20. The normalized spacial score (nSPS) is 20.7. The number of allylic oxidation sites excluding steroid dienone is 2. The van der Waals surface area contributed by atoms with Gasteiger partial charge in [0.1, 0.15) is 12.4 Å². The molecule has 0 saturated carbocycles. The van der Waals surface area contributed by atoms with Crippen LogP contribution in [0, 0.1) is 0 Å². The summed E-state index contributed by atoms with van der Waals surface area (Å²) in [5.41, 5.74) is 3.46. The van der Waals surface area contributed by atoms with E-state index in [0.717, 1.165) is 23.2 Å². The van der Waals surface area contributed by atoms with Crippen molar-refractivity contribution in [3.8, 4) is 11.5 Å². The Balaban J connectivity index is 1.60. The lowest BCUT2D eigenvalue weighted by molar-refractivity contribution is -0.116. The number of nitrogens with zero attached hydrogens (tertiary/aromatic N) is 3.